The third-order valence-electron chi connectivity index (χ3n) is 11.4. The van der Waals surface area contributed by atoms with Crippen molar-refractivity contribution in [1.82, 2.24) is 29.3 Å². The summed E-state index contributed by atoms with van der Waals surface area (Å²) in [5.74, 6) is 0. The predicted molar refractivity (Wildman–Crippen MR) is 215 cm³/mol. The van der Waals surface area contributed by atoms with Gasteiger partial charge in [-0.3, -0.25) is 19.6 Å². The van der Waals surface area contributed by atoms with Crippen LogP contribution in [0.5, 0.6) is 0 Å². The van der Waals surface area contributed by atoms with Crippen LogP contribution >= 0.6 is 0 Å². The lowest BCUT2D eigenvalue weighted by Gasteiger charge is -2.42. The molecule has 2 fully saturated rings. The summed E-state index contributed by atoms with van der Waals surface area (Å²) in [6.45, 7) is 15.5. The first-order valence-corrected chi connectivity index (χ1v) is 19.8. The summed E-state index contributed by atoms with van der Waals surface area (Å²) in [4.78, 5) is 79.6. The Morgan fingerprint density at radius 2 is 1.14 bits per heavy atom. The number of nitrogens with zero attached hydrogens (tertiary/aromatic N) is 5. The van der Waals surface area contributed by atoms with Crippen molar-refractivity contribution in [2.45, 2.75) is 118 Å². The van der Waals surface area contributed by atoms with Crippen molar-refractivity contribution >= 4 is 40.2 Å². The number of fused-ring (bicyclic) bond motifs is 2. The van der Waals surface area contributed by atoms with Gasteiger partial charge in [0.05, 0.1) is 23.4 Å². The molecule has 0 aromatic carbocycles. The SMILES string of the molecule is CCC1(CCCn2c(=O)ccc3ccncc32)CCN(C(=O)OC(C)(C)C)CC1.CCC1(CCCn2c(=O)ccc3ccncc32)CCNCC1.O=C=O.O=C=O. The van der Waals surface area contributed by atoms with Gasteiger partial charge in [-0.25, -0.2) is 4.79 Å². The van der Waals surface area contributed by atoms with E-state index in [2.05, 4.69) is 29.1 Å². The molecule has 308 valence electrons. The fraction of sp³-hybridized carbons (Fsp3) is 0.558. The van der Waals surface area contributed by atoms with Crippen molar-refractivity contribution < 1.29 is 28.7 Å². The number of pyridine rings is 4. The van der Waals surface area contributed by atoms with Gasteiger partial charge in [0.1, 0.15) is 5.60 Å². The van der Waals surface area contributed by atoms with Crippen molar-refractivity contribution in [3.8, 4) is 0 Å². The van der Waals surface area contributed by atoms with Crippen LogP contribution in [-0.2, 0) is 37.0 Å². The minimum atomic E-state index is -0.461. The molecule has 14 heteroatoms. The lowest BCUT2D eigenvalue weighted by atomic mass is 9.73. The van der Waals surface area contributed by atoms with Crippen LogP contribution in [0.25, 0.3) is 21.8 Å². The summed E-state index contributed by atoms with van der Waals surface area (Å²) >= 11 is 0. The molecule has 0 spiro atoms. The molecular formula is C43H58N6O8. The minimum Gasteiger partial charge on any atom is -0.444 e. The average Bonchev–Trinajstić information content (AvgIpc) is 3.20. The van der Waals surface area contributed by atoms with Crippen molar-refractivity contribution in [3.05, 3.63) is 81.9 Å². The van der Waals surface area contributed by atoms with Crippen LogP contribution in [0.4, 0.5) is 4.79 Å². The number of hydrogen-bond acceptors (Lipinski definition) is 11. The highest BCUT2D eigenvalue weighted by molar-refractivity contribution is 5.78. The molecule has 4 aromatic heterocycles. The number of piperidine rings is 2. The quantitative estimate of drug-likeness (QED) is 0.188. The minimum absolute atomic E-state index is 0.0239. The van der Waals surface area contributed by atoms with Gasteiger partial charge in [0.15, 0.2) is 0 Å². The molecule has 4 aromatic rings. The highest BCUT2D eigenvalue weighted by atomic mass is 16.6. The molecule has 2 aliphatic heterocycles. The third-order valence-corrected chi connectivity index (χ3v) is 11.4. The Morgan fingerprint density at radius 1 is 0.719 bits per heavy atom. The molecule has 2 aliphatic rings. The molecule has 2 saturated heterocycles. The highest BCUT2D eigenvalue weighted by Gasteiger charge is 2.35. The molecule has 0 atom stereocenters. The number of amides is 1. The van der Waals surface area contributed by atoms with Crippen LogP contribution in [0.1, 0.15) is 98.8 Å². The summed E-state index contributed by atoms with van der Waals surface area (Å²) < 4.78 is 9.23. The third kappa shape index (κ3) is 13.7. The van der Waals surface area contributed by atoms with Gasteiger partial charge in [-0.2, -0.15) is 19.2 Å². The smallest absolute Gasteiger partial charge is 0.410 e. The van der Waals surface area contributed by atoms with Gasteiger partial charge in [0, 0.05) is 61.5 Å². The van der Waals surface area contributed by atoms with Gasteiger partial charge < -0.3 is 24.1 Å². The Labute approximate surface area is 334 Å². The second-order valence-corrected chi connectivity index (χ2v) is 15.8. The fourth-order valence-corrected chi connectivity index (χ4v) is 7.96. The summed E-state index contributed by atoms with van der Waals surface area (Å²) in [5.41, 5.74) is 2.18. The molecule has 14 nitrogen and oxygen atoms in total. The lowest BCUT2D eigenvalue weighted by molar-refractivity contribution is -0.193. The molecule has 6 heterocycles. The Morgan fingerprint density at radius 3 is 1.54 bits per heavy atom. The first-order chi connectivity index (χ1) is 27.3. The molecule has 1 amide bonds. The number of carbonyl (C=O) groups is 1. The molecule has 0 saturated carbocycles. The van der Waals surface area contributed by atoms with E-state index in [0.717, 1.165) is 93.1 Å². The largest absolute Gasteiger partial charge is 0.444 e. The van der Waals surface area contributed by atoms with E-state index in [1.165, 1.54) is 25.7 Å². The zero-order valence-electron chi connectivity index (χ0n) is 34.1. The van der Waals surface area contributed by atoms with E-state index in [0.29, 0.717) is 12.0 Å². The van der Waals surface area contributed by atoms with Crippen LogP contribution in [0, 0.1) is 10.8 Å². The normalized spacial score (nSPS) is 15.6. The molecule has 0 aliphatic carbocycles. The van der Waals surface area contributed by atoms with Crippen molar-refractivity contribution in [1.29, 1.82) is 0 Å². The maximum Gasteiger partial charge on any atom is 0.410 e. The Hall–Kier alpha value is -5.29. The maximum atomic E-state index is 12.4. The van der Waals surface area contributed by atoms with E-state index in [1.54, 1.807) is 36.9 Å². The Bertz CT molecular complexity index is 2050. The van der Waals surface area contributed by atoms with Crippen LogP contribution in [0.2, 0.25) is 0 Å². The molecule has 0 radical (unpaired) electrons. The molecule has 6 rings (SSSR count). The van der Waals surface area contributed by atoms with Gasteiger partial charge in [-0.05, 0) is 120 Å². The van der Waals surface area contributed by atoms with E-state index in [-0.39, 0.29) is 34.9 Å². The van der Waals surface area contributed by atoms with Crippen molar-refractivity contribution in [3.63, 3.8) is 0 Å². The first-order valence-electron chi connectivity index (χ1n) is 19.8. The van der Waals surface area contributed by atoms with Crippen LogP contribution in [0.15, 0.2) is 70.8 Å². The number of hydrogen-bond donors (Lipinski definition) is 1. The lowest BCUT2D eigenvalue weighted by Crippen LogP contribution is -2.45. The molecule has 1 N–H and O–H groups in total. The van der Waals surface area contributed by atoms with Gasteiger partial charge in [0.25, 0.3) is 11.1 Å². The zero-order chi connectivity index (χ0) is 41.9. The van der Waals surface area contributed by atoms with Crippen LogP contribution < -0.4 is 16.4 Å². The number of carbonyl (C=O) groups excluding carboxylic acids is 5. The van der Waals surface area contributed by atoms with Crippen molar-refractivity contribution in [2.24, 2.45) is 10.8 Å². The van der Waals surface area contributed by atoms with E-state index in [9.17, 15) is 14.4 Å². The van der Waals surface area contributed by atoms with Crippen LogP contribution in [0.3, 0.4) is 0 Å². The van der Waals surface area contributed by atoms with Gasteiger partial charge in [-0.15, -0.1) is 0 Å². The molecular weight excluding hydrogens is 729 g/mol. The van der Waals surface area contributed by atoms with Gasteiger partial charge in [-0.1, -0.05) is 26.7 Å². The number of likely N-dealkylation sites (tertiary alicyclic amines) is 1. The molecule has 57 heavy (non-hydrogen) atoms. The second-order valence-electron chi connectivity index (χ2n) is 15.8. The Kier molecular flexibility index (Phi) is 18.2. The number of aryl methyl sites for hydroxylation is 2. The number of nitrogens with one attached hydrogen (secondary N) is 1. The Balaban J connectivity index is 0.000000275. The second kappa shape index (κ2) is 22.5. The number of rotatable bonds is 10. The monoisotopic (exact) mass is 786 g/mol. The van der Waals surface area contributed by atoms with E-state index in [4.69, 9.17) is 23.9 Å². The van der Waals surface area contributed by atoms with Crippen molar-refractivity contribution in [2.75, 3.05) is 26.2 Å². The summed E-state index contributed by atoms with van der Waals surface area (Å²) in [7, 11) is 0. The fourth-order valence-electron chi connectivity index (χ4n) is 7.96. The van der Waals surface area contributed by atoms with Gasteiger partial charge >= 0.3 is 18.4 Å². The molecule has 0 bridgehead atoms. The zero-order valence-corrected chi connectivity index (χ0v) is 34.1. The summed E-state index contributed by atoms with van der Waals surface area (Å²) in [6, 6.07) is 10.9. The highest BCUT2D eigenvalue weighted by Crippen LogP contribution is 2.40. The first kappa shape index (κ1) is 46.1. The topological polar surface area (TPSA) is 180 Å². The standard InChI is InChI=1S/C23H33N3O3.C18H25N3O.2CO2/c1-5-23(11-15-25(16-12-23)21(28)29-22(2,3)4)10-6-14-26-19-17-24-13-9-18(19)7-8-20(26)27;1-2-18(8-11-19-12-9-18)7-3-13-21-16-14-20-10-6-15(16)4-5-17(21)22;2*2-1-3/h7-9,13,17H,5-6,10-12,14-16H2,1-4H3;4-6,10,14,19H,2-3,7-9,11-13H2,1H3;;. The molecule has 0 unspecified atom stereocenters. The average molecular weight is 787 g/mol. The van der Waals surface area contributed by atoms with Crippen LogP contribution in [-0.4, -0.2) is 74.2 Å². The van der Waals surface area contributed by atoms with E-state index in [1.807, 2.05) is 59.1 Å². The van der Waals surface area contributed by atoms with Gasteiger partial charge in [0.2, 0.25) is 0 Å². The predicted octanol–water partition coefficient (Wildman–Crippen LogP) is 6.39. The number of ether oxygens (including phenoxy) is 1. The summed E-state index contributed by atoms with van der Waals surface area (Å²) in [6.07, 6.45) is 18.4. The maximum absolute atomic E-state index is 12.4. The van der Waals surface area contributed by atoms with E-state index < -0.39 is 5.60 Å². The number of aromatic nitrogens is 4. The summed E-state index contributed by atoms with van der Waals surface area (Å²) in [5, 5.41) is 5.57. The van der Waals surface area contributed by atoms with E-state index >= 15 is 0 Å².